The Morgan fingerprint density at radius 2 is 1.82 bits per heavy atom. The molecule has 4 heteroatoms. The Hall–Kier alpha value is -1.68. The normalized spacial score (nSPS) is 10.2. The van der Waals surface area contributed by atoms with Crippen LogP contribution in [0.5, 0.6) is 5.75 Å². The summed E-state index contributed by atoms with van der Waals surface area (Å²) in [5.41, 5.74) is 8.32. The third kappa shape index (κ3) is 3.14. The molecule has 0 aromatic heterocycles. The molecule has 0 amide bonds. The van der Waals surface area contributed by atoms with E-state index in [2.05, 4.69) is 21.2 Å². The monoisotopic (exact) mass is 292 g/mol. The van der Waals surface area contributed by atoms with Crippen molar-refractivity contribution in [3.63, 3.8) is 0 Å². The maximum absolute atomic E-state index is 9.24. The summed E-state index contributed by atoms with van der Waals surface area (Å²) in [6.45, 7) is 0.697. The fraction of sp³-hybridized carbons (Fsp3) is 0.0769. The van der Waals surface area contributed by atoms with Gasteiger partial charge in [0.05, 0.1) is 11.4 Å². The number of anilines is 2. The summed E-state index contributed by atoms with van der Waals surface area (Å²) in [5.74, 6) is 0.177. The number of hydrogen-bond donors (Lipinski definition) is 3. The number of hydrogen-bond acceptors (Lipinski definition) is 3. The molecule has 0 saturated heterocycles. The molecule has 0 aliphatic rings. The average Bonchev–Trinajstić information content (AvgIpc) is 2.30. The predicted octanol–water partition coefficient (Wildman–Crippen LogP) is 3.35. The van der Waals surface area contributed by atoms with Gasteiger partial charge in [-0.25, -0.2) is 0 Å². The van der Waals surface area contributed by atoms with Crippen LogP contribution < -0.4 is 11.1 Å². The van der Waals surface area contributed by atoms with Crippen LogP contribution in [0.2, 0.25) is 0 Å². The number of benzene rings is 2. The molecule has 4 N–H and O–H groups in total. The van der Waals surface area contributed by atoms with Crippen molar-refractivity contribution >= 4 is 27.3 Å². The number of nitrogens with one attached hydrogen (secondary N) is 1. The topological polar surface area (TPSA) is 58.3 Å². The molecule has 0 spiro atoms. The fourth-order valence-electron chi connectivity index (χ4n) is 1.51. The number of halogens is 1. The van der Waals surface area contributed by atoms with Crippen LogP contribution in [0.1, 0.15) is 5.56 Å². The van der Waals surface area contributed by atoms with Crippen molar-refractivity contribution in [1.29, 1.82) is 0 Å². The fourth-order valence-corrected chi connectivity index (χ4v) is 1.77. The van der Waals surface area contributed by atoms with Crippen molar-refractivity contribution in [1.82, 2.24) is 0 Å². The molecule has 88 valence electrons. The van der Waals surface area contributed by atoms with Gasteiger partial charge >= 0.3 is 0 Å². The molecule has 2 aromatic rings. The zero-order chi connectivity index (χ0) is 12.3. The molecule has 0 atom stereocenters. The summed E-state index contributed by atoms with van der Waals surface area (Å²) in [4.78, 5) is 0. The van der Waals surface area contributed by atoms with Crippen LogP contribution in [0.3, 0.4) is 0 Å². The Kier molecular flexibility index (Phi) is 3.54. The smallest absolute Gasteiger partial charge is 0.117 e. The van der Waals surface area contributed by atoms with Crippen molar-refractivity contribution in [3.05, 3.63) is 52.5 Å². The molecular weight excluding hydrogens is 280 g/mol. The van der Waals surface area contributed by atoms with Gasteiger partial charge in [0.25, 0.3) is 0 Å². The first kappa shape index (κ1) is 11.8. The average molecular weight is 293 g/mol. The minimum absolute atomic E-state index is 0.177. The minimum Gasteiger partial charge on any atom is -0.508 e. The predicted molar refractivity (Wildman–Crippen MR) is 74.0 cm³/mol. The molecule has 0 aliphatic carbocycles. The van der Waals surface area contributed by atoms with Crippen LogP contribution in [0.15, 0.2) is 46.9 Å². The first-order valence-corrected chi connectivity index (χ1v) is 6.01. The van der Waals surface area contributed by atoms with E-state index >= 15 is 0 Å². The summed E-state index contributed by atoms with van der Waals surface area (Å²) in [6, 6.07) is 13.0. The van der Waals surface area contributed by atoms with E-state index in [4.69, 9.17) is 5.73 Å². The molecule has 0 bridgehead atoms. The third-order valence-corrected chi connectivity index (χ3v) is 2.96. The summed E-state index contributed by atoms with van der Waals surface area (Å²) >= 11 is 3.39. The summed E-state index contributed by atoms with van der Waals surface area (Å²) in [6.07, 6.45) is 0. The first-order chi connectivity index (χ1) is 8.15. The Morgan fingerprint density at radius 1 is 1.12 bits per heavy atom. The molecule has 17 heavy (non-hydrogen) atoms. The number of nitrogens with two attached hydrogens (primary N) is 1. The van der Waals surface area contributed by atoms with E-state index in [0.717, 1.165) is 10.2 Å². The number of rotatable bonds is 3. The second-order valence-electron chi connectivity index (χ2n) is 3.75. The van der Waals surface area contributed by atoms with Crippen LogP contribution in [0.25, 0.3) is 0 Å². The largest absolute Gasteiger partial charge is 0.508 e. The van der Waals surface area contributed by atoms with Gasteiger partial charge in [0.15, 0.2) is 0 Å². The molecule has 0 saturated carbocycles. The van der Waals surface area contributed by atoms with E-state index in [1.807, 2.05) is 24.3 Å². The maximum Gasteiger partial charge on any atom is 0.117 e. The molecule has 0 heterocycles. The van der Waals surface area contributed by atoms with Gasteiger partial charge in [-0.2, -0.15) is 0 Å². The zero-order valence-corrected chi connectivity index (χ0v) is 10.7. The molecule has 0 fully saturated rings. The molecule has 2 rings (SSSR count). The van der Waals surface area contributed by atoms with Crippen molar-refractivity contribution in [3.8, 4) is 5.75 Å². The van der Waals surface area contributed by atoms with E-state index in [9.17, 15) is 5.11 Å². The van der Waals surface area contributed by atoms with Crippen molar-refractivity contribution < 1.29 is 5.11 Å². The lowest BCUT2D eigenvalue weighted by Crippen LogP contribution is -2.02. The lowest BCUT2D eigenvalue weighted by molar-refractivity contribution is 0.476. The highest BCUT2D eigenvalue weighted by Crippen LogP contribution is 2.23. The van der Waals surface area contributed by atoms with E-state index in [-0.39, 0.29) is 5.75 Å². The highest BCUT2D eigenvalue weighted by atomic mass is 79.9. The molecule has 3 nitrogen and oxygen atoms in total. The number of nitrogen functional groups attached to an aromatic ring is 1. The molecular formula is C13H13BrN2O. The lowest BCUT2D eigenvalue weighted by atomic mass is 10.2. The van der Waals surface area contributed by atoms with Crippen molar-refractivity contribution in [2.45, 2.75) is 6.54 Å². The Balaban J connectivity index is 2.04. The quantitative estimate of drug-likeness (QED) is 0.601. The van der Waals surface area contributed by atoms with Gasteiger partial charge < -0.3 is 16.2 Å². The lowest BCUT2D eigenvalue weighted by Gasteiger charge is -2.09. The molecule has 0 radical (unpaired) electrons. The number of phenols is 1. The maximum atomic E-state index is 9.24. The van der Waals surface area contributed by atoms with Gasteiger partial charge in [-0.3, -0.25) is 0 Å². The molecule has 0 aliphatic heterocycles. The van der Waals surface area contributed by atoms with E-state index in [0.29, 0.717) is 12.2 Å². The zero-order valence-electron chi connectivity index (χ0n) is 9.15. The number of aromatic hydroxyl groups is 1. The van der Waals surface area contributed by atoms with Crippen molar-refractivity contribution in [2.24, 2.45) is 0 Å². The van der Waals surface area contributed by atoms with Gasteiger partial charge in [0, 0.05) is 17.1 Å². The van der Waals surface area contributed by atoms with Crippen LogP contribution in [-0.4, -0.2) is 5.11 Å². The van der Waals surface area contributed by atoms with Crippen LogP contribution in [0, 0.1) is 0 Å². The molecule has 2 aromatic carbocycles. The van der Waals surface area contributed by atoms with Gasteiger partial charge in [-0.15, -0.1) is 0 Å². The van der Waals surface area contributed by atoms with Gasteiger partial charge in [0.1, 0.15) is 5.75 Å². The highest BCUT2D eigenvalue weighted by molar-refractivity contribution is 9.10. The van der Waals surface area contributed by atoms with Gasteiger partial charge in [-0.05, 0) is 29.8 Å². The van der Waals surface area contributed by atoms with Crippen LogP contribution in [-0.2, 0) is 6.54 Å². The summed E-state index contributed by atoms with van der Waals surface area (Å²) < 4.78 is 1.06. The Morgan fingerprint density at radius 3 is 2.47 bits per heavy atom. The van der Waals surface area contributed by atoms with Gasteiger partial charge in [-0.1, -0.05) is 28.1 Å². The van der Waals surface area contributed by atoms with Gasteiger partial charge in [0.2, 0.25) is 0 Å². The van der Waals surface area contributed by atoms with E-state index < -0.39 is 0 Å². The summed E-state index contributed by atoms with van der Waals surface area (Å²) in [7, 11) is 0. The standard InChI is InChI=1S/C13H13BrN2O/c14-10-3-1-9(2-4-10)8-16-13-6-5-11(17)7-12(13)15/h1-7,16-17H,8,15H2. The minimum atomic E-state index is 0.177. The second-order valence-corrected chi connectivity index (χ2v) is 4.67. The second kappa shape index (κ2) is 5.10. The number of phenolic OH excluding ortho intramolecular Hbond substituents is 1. The van der Waals surface area contributed by atoms with E-state index in [1.54, 1.807) is 12.1 Å². The Bertz CT molecular complexity index is 511. The first-order valence-electron chi connectivity index (χ1n) is 5.22. The summed E-state index contributed by atoms with van der Waals surface area (Å²) in [5, 5.41) is 12.5. The Labute approximate surface area is 108 Å². The van der Waals surface area contributed by atoms with Crippen LogP contribution in [0.4, 0.5) is 11.4 Å². The van der Waals surface area contributed by atoms with Crippen LogP contribution >= 0.6 is 15.9 Å². The van der Waals surface area contributed by atoms with Crippen molar-refractivity contribution in [2.75, 3.05) is 11.1 Å². The molecule has 0 unspecified atom stereocenters. The third-order valence-electron chi connectivity index (χ3n) is 2.43. The van der Waals surface area contributed by atoms with E-state index in [1.165, 1.54) is 11.6 Å². The SMILES string of the molecule is Nc1cc(O)ccc1NCc1ccc(Br)cc1. The highest BCUT2D eigenvalue weighted by Gasteiger charge is 2.00.